The molecule has 0 bridgehead atoms. The molecule has 0 fully saturated rings. The highest BCUT2D eigenvalue weighted by Crippen LogP contribution is 2.42. The van der Waals surface area contributed by atoms with Crippen LogP contribution in [0.25, 0.3) is 0 Å². The zero-order chi connectivity index (χ0) is 15.4. The molecule has 1 atom stereocenters. The molecule has 0 N–H and O–H groups in total. The van der Waals surface area contributed by atoms with Crippen LogP contribution in [0.5, 0.6) is 11.5 Å². The van der Waals surface area contributed by atoms with Crippen LogP contribution in [0.1, 0.15) is 44.0 Å². The average Bonchev–Trinajstić information content (AvgIpc) is 2.48. The van der Waals surface area contributed by atoms with Gasteiger partial charge in [-0.2, -0.15) is 0 Å². The van der Waals surface area contributed by atoms with Crippen LogP contribution >= 0.6 is 0 Å². The predicted octanol–water partition coefficient (Wildman–Crippen LogP) is 2.81. The number of carbonyl (C=O) groups excluding carboxylic acids is 2. The van der Waals surface area contributed by atoms with Gasteiger partial charge in [0.2, 0.25) is 0 Å². The topological polar surface area (TPSA) is 55.8 Å². The highest BCUT2D eigenvalue weighted by atomic mass is 16.5. The van der Waals surface area contributed by atoms with Crippen molar-refractivity contribution < 1.29 is 19.1 Å². The molecule has 1 aromatic carbocycles. The number of hydrogen-bond acceptors (Lipinski definition) is 4. The SMILES string of the molecule is CCCCN1C(=O)C(C)Oc2c(OCC)cc(C=O)cc21. The summed E-state index contributed by atoms with van der Waals surface area (Å²) in [4.78, 5) is 25.1. The fourth-order valence-electron chi connectivity index (χ4n) is 2.37. The molecule has 0 saturated carbocycles. The van der Waals surface area contributed by atoms with Crippen molar-refractivity contribution in [1.82, 2.24) is 0 Å². The molecule has 1 aliphatic heterocycles. The minimum atomic E-state index is -0.546. The van der Waals surface area contributed by atoms with Gasteiger partial charge in [0.1, 0.15) is 6.29 Å². The molecule has 1 aromatic rings. The molecule has 21 heavy (non-hydrogen) atoms. The van der Waals surface area contributed by atoms with Crippen LogP contribution in [0.15, 0.2) is 12.1 Å². The number of nitrogens with zero attached hydrogens (tertiary/aromatic N) is 1. The molecule has 5 nitrogen and oxygen atoms in total. The number of hydrogen-bond donors (Lipinski definition) is 0. The zero-order valence-electron chi connectivity index (χ0n) is 12.7. The summed E-state index contributed by atoms with van der Waals surface area (Å²) in [6, 6.07) is 3.33. The summed E-state index contributed by atoms with van der Waals surface area (Å²) < 4.78 is 11.3. The quantitative estimate of drug-likeness (QED) is 0.756. The molecule has 0 radical (unpaired) electrons. The second-order valence-corrected chi connectivity index (χ2v) is 5.02. The van der Waals surface area contributed by atoms with Crippen LogP contribution in [-0.4, -0.2) is 31.4 Å². The first kappa shape index (κ1) is 15.4. The zero-order valence-corrected chi connectivity index (χ0v) is 12.7. The van der Waals surface area contributed by atoms with Gasteiger partial charge in [-0.05, 0) is 32.4 Å². The molecule has 0 saturated heterocycles. The molecule has 1 unspecified atom stereocenters. The molecule has 1 amide bonds. The van der Waals surface area contributed by atoms with E-state index in [9.17, 15) is 9.59 Å². The first-order valence-corrected chi connectivity index (χ1v) is 7.36. The number of rotatable bonds is 6. The van der Waals surface area contributed by atoms with Gasteiger partial charge in [0.25, 0.3) is 5.91 Å². The number of fused-ring (bicyclic) bond motifs is 1. The van der Waals surface area contributed by atoms with Gasteiger partial charge in [-0.25, -0.2) is 0 Å². The Morgan fingerprint density at radius 2 is 2.14 bits per heavy atom. The summed E-state index contributed by atoms with van der Waals surface area (Å²) in [5.41, 5.74) is 1.10. The third-order valence-corrected chi connectivity index (χ3v) is 3.43. The third kappa shape index (κ3) is 3.01. The Labute approximate surface area is 124 Å². The van der Waals surface area contributed by atoms with Gasteiger partial charge in [0.05, 0.1) is 12.3 Å². The smallest absolute Gasteiger partial charge is 0.267 e. The van der Waals surface area contributed by atoms with E-state index in [1.807, 2.05) is 6.92 Å². The van der Waals surface area contributed by atoms with Crippen molar-refractivity contribution in [2.24, 2.45) is 0 Å². The maximum absolute atomic E-state index is 12.3. The second kappa shape index (κ2) is 6.61. The molecular weight excluding hydrogens is 270 g/mol. The molecule has 114 valence electrons. The third-order valence-electron chi connectivity index (χ3n) is 3.43. The maximum atomic E-state index is 12.3. The van der Waals surface area contributed by atoms with E-state index in [4.69, 9.17) is 9.47 Å². The van der Waals surface area contributed by atoms with Gasteiger partial charge in [-0.3, -0.25) is 9.59 Å². The molecule has 5 heteroatoms. The number of unbranched alkanes of at least 4 members (excludes halogenated alkanes) is 1. The van der Waals surface area contributed by atoms with Crippen molar-refractivity contribution in [2.75, 3.05) is 18.1 Å². The normalized spacial score (nSPS) is 17.2. The molecule has 2 rings (SSSR count). The standard InChI is InChI=1S/C16H21NO4/c1-4-6-7-17-13-8-12(10-18)9-14(20-5-2)15(13)21-11(3)16(17)19/h8-11H,4-7H2,1-3H3. The van der Waals surface area contributed by atoms with Crippen LogP contribution in [0.4, 0.5) is 5.69 Å². The number of carbonyl (C=O) groups is 2. The monoisotopic (exact) mass is 291 g/mol. The minimum absolute atomic E-state index is 0.0820. The Morgan fingerprint density at radius 3 is 2.76 bits per heavy atom. The van der Waals surface area contributed by atoms with Gasteiger partial charge in [0, 0.05) is 12.1 Å². The first-order chi connectivity index (χ1) is 10.1. The van der Waals surface area contributed by atoms with E-state index >= 15 is 0 Å². The summed E-state index contributed by atoms with van der Waals surface area (Å²) >= 11 is 0. The van der Waals surface area contributed by atoms with Crippen LogP contribution in [-0.2, 0) is 4.79 Å². The van der Waals surface area contributed by atoms with Crippen molar-refractivity contribution in [3.05, 3.63) is 17.7 Å². The molecule has 0 aliphatic carbocycles. The van der Waals surface area contributed by atoms with Crippen molar-refractivity contribution in [1.29, 1.82) is 0 Å². The fourth-order valence-corrected chi connectivity index (χ4v) is 2.37. The van der Waals surface area contributed by atoms with Crippen molar-refractivity contribution in [2.45, 2.75) is 39.7 Å². The average molecular weight is 291 g/mol. The number of anilines is 1. The fraction of sp³-hybridized carbons (Fsp3) is 0.500. The second-order valence-electron chi connectivity index (χ2n) is 5.02. The van der Waals surface area contributed by atoms with Crippen molar-refractivity contribution in [3.8, 4) is 11.5 Å². The van der Waals surface area contributed by atoms with E-state index in [0.29, 0.717) is 35.9 Å². The lowest BCUT2D eigenvalue weighted by molar-refractivity contribution is -0.125. The van der Waals surface area contributed by atoms with Crippen LogP contribution in [0, 0.1) is 0 Å². The lowest BCUT2D eigenvalue weighted by atomic mass is 10.1. The van der Waals surface area contributed by atoms with Crippen LogP contribution in [0.3, 0.4) is 0 Å². The lowest BCUT2D eigenvalue weighted by Crippen LogP contribution is -2.45. The van der Waals surface area contributed by atoms with Gasteiger partial charge < -0.3 is 14.4 Å². The Balaban J connectivity index is 2.51. The number of benzene rings is 1. The predicted molar refractivity (Wildman–Crippen MR) is 80.3 cm³/mol. The maximum Gasteiger partial charge on any atom is 0.267 e. The van der Waals surface area contributed by atoms with E-state index < -0.39 is 6.10 Å². The van der Waals surface area contributed by atoms with Gasteiger partial charge in [-0.15, -0.1) is 0 Å². The summed E-state index contributed by atoms with van der Waals surface area (Å²) in [5, 5.41) is 0. The number of aldehydes is 1. The minimum Gasteiger partial charge on any atom is -0.490 e. The van der Waals surface area contributed by atoms with Crippen molar-refractivity contribution >= 4 is 17.9 Å². The number of ether oxygens (including phenoxy) is 2. The Hall–Kier alpha value is -2.04. The van der Waals surface area contributed by atoms with Gasteiger partial charge in [-0.1, -0.05) is 13.3 Å². The molecule has 0 aromatic heterocycles. The van der Waals surface area contributed by atoms with Gasteiger partial charge in [0.15, 0.2) is 17.6 Å². The molecule has 1 aliphatic rings. The van der Waals surface area contributed by atoms with E-state index in [1.165, 1.54) is 0 Å². The summed E-state index contributed by atoms with van der Waals surface area (Å²) in [6.45, 7) is 6.75. The summed E-state index contributed by atoms with van der Waals surface area (Å²) in [7, 11) is 0. The largest absolute Gasteiger partial charge is 0.490 e. The number of amides is 1. The Morgan fingerprint density at radius 1 is 1.38 bits per heavy atom. The Kier molecular flexibility index (Phi) is 4.83. The van der Waals surface area contributed by atoms with E-state index in [-0.39, 0.29) is 5.91 Å². The van der Waals surface area contributed by atoms with Gasteiger partial charge >= 0.3 is 0 Å². The molecule has 1 heterocycles. The summed E-state index contributed by atoms with van der Waals surface area (Å²) in [6.07, 6.45) is 2.09. The van der Waals surface area contributed by atoms with Crippen molar-refractivity contribution in [3.63, 3.8) is 0 Å². The van der Waals surface area contributed by atoms with Crippen LogP contribution < -0.4 is 14.4 Å². The highest BCUT2D eigenvalue weighted by molar-refractivity contribution is 6.01. The highest BCUT2D eigenvalue weighted by Gasteiger charge is 2.33. The Bertz CT molecular complexity index is 541. The summed E-state index contributed by atoms with van der Waals surface area (Å²) in [5.74, 6) is 0.977. The molecular formula is C16H21NO4. The van der Waals surface area contributed by atoms with E-state index in [2.05, 4.69) is 6.92 Å². The van der Waals surface area contributed by atoms with Crippen LogP contribution in [0.2, 0.25) is 0 Å². The molecule has 0 spiro atoms. The van der Waals surface area contributed by atoms with E-state index in [1.54, 1.807) is 24.0 Å². The van der Waals surface area contributed by atoms with E-state index in [0.717, 1.165) is 19.1 Å². The lowest BCUT2D eigenvalue weighted by Gasteiger charge is -2.34. The first-order valence-electron chi connectivity index (χ1n) is 7.36.